The Balaban J connectivity index is 1.87. The fourth-order valence-electron chi connectivity index (χ4n) is 4.65. The molecule has 158 valence electrons. The van der Waals surface area contributed by atoms with Crippen molar-refractivity contribution in [2.75, 3.05) is 6.61 Å². The van der Waals surface area contributed by atoms with Crippen LogP contribution in [0, 0.1) is 0 Å². The van der Waals surface area contributed by atoms with E-state index in [1.54, 1.807) is 0 Å². The molecule has 2 aliphatic rings. The minimum absolute atomic E-state index is 0.0401. The normalized spacial score (nSPS) is 18.7. The summed E-state index contributed by atoms with van der Waals surface area (Å²) in [5.74, 6) is 1.52. The Hall–Kier alpha value is -2.42. The highest BCUT2D eigenvalue weighted by molar-refractivity contribution is 6.46. The van der Waals surface area contributed by atoms with Crippen LogP contribution in [-0.4, -0.2) is 23.8 Å². The maximum Gasteiger partial charge on any atom is 0.236 e. The lowest BCUT2D eigenvalue weighted by Gasteiger charge is -2.27. The maximum atomic E-state index is 6.25. The number of para-hydroxylation sites is 1. The van der Waals surface area contributed by atoms with Crippen molar-refractivity contribution in [2.45, 2.75) is 77.2 Å². The summed E-state index contributed by atoms with van der Waals surface area (Å²) < 4.78 is 6.25. The summed E-state index contributed by atoms with van der Waals surface area (Å²) in [7, 11) is 0. The molecule has 0 radical (unpaired) electrons. The standard InChI is InChI=1S/C27H34N2O/c1-19(2)22-14-11-15-23(20(3)4)25(22)28-24(21-12-7-5-8-13-21)26-29-27(18-30-26)16-9-6-10-17-27/h5,7-8,11-15,19-20H,6,9-10,16-18H2,1-4H3. The smallest absolute Gasteiger partial charge is 0.236 e. The van der Waals surface area contributed by atoms with Gasteiger partial charge in [-0.15, -0.1) is 0 Å². The van der Waals surface area contributed by atoms with Gasteiger partial charge in [-0.1, -0.05) is 95.5 Å². The van der Waals surface area contributed by atoms with Crippen molar-refractivity contribution in [1.29, 1.82) is 0 Å². The third-order valence-corrected chi connectivity index (χ3v) is 6.42. The second-order valence-corrected chi connectivity index (χ2v) is 9.41. The highest BCUT2D eigenvalue weighted by Gasteiger charge is 2.39. The van der Waals surface area contributed by atoms with Crippen LogP contribution >= 0.6 is 0 Å². The molecular formula is C27H34N2O. The van der Waals surface area contributed by atoms with Crippen LogP contribution in [-0.2, 0) is 4.74 Å². The molecule has 0 atom stereocenters. The van der Waals surface area contributed by atoms with Crippen molar-refractivity contribution in [2.24, 2.45) is 9.98 Å². The van der Waals surface area contributed by atoms with E-state index in [0.29, 0.717) is 18.4 Å². The van der Waals surface area contributed by atoms with Gasteiger partial charge in [-0.2, -0.15) is 0 Å². The third kappa shape index (κ3) is 4.21. The van der Waals surface area contributed by atoms with Crippen molar-refractivity contribution in [3.05, 3.63) is 65.2 Å². The van der Waals surface area contributed by atoms with Gasteiger partial charge in [-0.3, -0.25) is 0 Å². The van der Waals surface area contributed by atoms with Gasteiger partial charge in [-0.05, 0) is 35.8 Å². The van der Waals surface area contributed by atoms with Crippen LogP contribution in [0.5, 0.6) is 0 Å². The molecule has 3 nitrogen and oxygen atoms in total. The van der Waals surface area contributed by atoms with Crippen LogP contribution in [0.25, 0.3) is 0 Å². The van der Waals surface area contributed by atoms with Gasteiger partial charge in [0.25, 0.3) is 0 Å². The Morgan fingerprint density at radius 2 is 1.50 bits per heavy atom. The van der Waals surface area contributed by atoms with Crippen molar-refractivity contribution < 1.29 is 4.74 Å². The SMILES string of the molecule is CC(C)c1cccc(C(C)C)c1N=C(C1=NC2(CCCCC2)CO1)c1ccccc1. The molecule has 2 aromatic carbocycles. The quantitative estimate of drug-likeness (QED) is 0.487. The van der Waals surface area contributed by atoms with E-state index in [0.717, 1.165) is 35.7 Å². The molecule has 0 unspecified atom stereocenters. The Morgan fingerprint density at radius 1 is 0.867 bits per heavy atom. The largest absolute Gasteiger partial charge is 0.474 e. The zero-order valence-corrected chi connectivity index (χ0v) is 18.8. The fourth-order valence-corrected chi connectivity index (χ4v) is 4.65. The minimum Gasteiger partial charge on any atom is -0.474 e. The molecule has 0 saturated heterocycles. The molecule has 0 bridgehead atoms. The highest BCUT2D eigenvalue weighted by Crippen LogP contribution is 2.38. The van der Waals surface area contributed by atoms with Gasteiger partial charge in [0.1, 0.15) is 12.3 Å². The lowest BCUT2D eigenvalue weighted by molar-refractivity contribution is 0.208. The molecule has 0 amide bonds. The average molecular weight is 403 g/mol. The monoisotopic (exact) mass is 402 g/mol. The van der Waals surface area contributed by atoms with Crippen LogP contribution in [0.3, 0.4) is 0 Å². The van der Waals surface area contributed by atoms with Crippen LogP contribution < -0.4 is 0 Å². The van der Waals surface area contributed by atoms with E-state index in [1.807, 2.05) is 6.07 Å². The lowest BCUT2D eigenvalue weighted by Crippen LogP contribution is -2.30. The first-order chi connectivity index (χ1) is 14.5. The molecule has 4 rings (SSSR count). The summed E-state index contributed by atoms with van der Waals surface area (Å²) in [5, 5.41) is 0. The molecule has 1 saturated carbocycles. The van der Waals surface area contributed by atoms with E-state index in [2.05, 4.69) is 70.2 Å². The number of rotatable bonds is 5. The number of benzene rings is 2. The summed E-state index contributed by atoms with van der Waals surface area (Å²) in [6.45, 7) is 9.64. The van der Waals surface area contributed by atoms with E-state index >= 15 is 0 Å². The molecule has 2 aromatic rings. The van der Waals surface area contributed by atoms with Gasteiger partial charge in [-0.25, -0.2) is 9.98 Å². The molecule has 1 heterocycles. The highest BCUT2D eigenvalue weighted by atomic mass is 16.5. The molecular weight excluding hydrogens is 368 g/mol. The van der Waals surface area contributed by atoms with E-state index in [-0.39, 0.29) is 5.54 Å². The van der Waals surface area contributed by atoms with Crippen molar-refractivity contribution in [1.82, 2.24) is 0 Å². The number of hydrogen-bond acceptors (Lipinski definition) is 3. The zero-order chi connectivity index (χ0) is 21.1. The Labute approximate surface area is 181 Å². The summed E-state index contributed by atoms with van der Waals surface area (Å²) >= 11 is 0. The summed E-state index contributed by atoms with van der Waals surface area (Å²) in [6.07, 6.45) is 6.04. The Morgan fingerprint density at radius 3 is 2.10 bits per heavy atom. The van der Waals surface area contributed by atoms with Crippen molar-refractivity contribution >= 4 is 17.3 Å². The third-order valence-electron chi connectivity index (χ3n) is 6.42. The first kappa shape index (κ1) is 20.8. The van der Waals surface area contributed by atoms with Gasteiger partial charge >= 0.3 is 0 Å². The van der Waals surface area contributed by atoms with Crippen molar-refractivity contribution in [3.8, 4) is 0 Å². The van der Waals surface area contributed by atoms with Gasteiger partial charge in [0.05, 0.1) is 11.2 Å². The average Bonchev–Trinajstić information content (AvgIpc) is 3.15. The van der Waals surface area contributed by atoms with E-state index in [4.69, 9.17) is 14.7 Å². The topological polar surface area (TPSA) is 34.0 Å². The molecule has 1 fully saturated rings. The molecule has 1 spiro atoms. The van der Waals surface area contributed by atoms with Gasteiger partial charge in [0.2, 0.25) is 5.90 Å². The molecule has 1 aliphatic carbocycles. The van der Waals surface area contributed by atoms with Crippen LogP contribution in [0.4, 0.5) is 5.69 Å². The molecule has 3 heteroatoms. The Kier molecular flexibility index (Phi) is 6.08. The predicted molar refractivity (Wildman–Crippen MR) is 126 cm³/mol. The number of nitrogens with zero attached hydrogens (tertiary/aromatic N) is 2. The lowest BCUT2D eigenvalue weighted by atomic mass is 9.83. The summed E-state index contributed by atoms with van der Waals surface area (Å²) in [5.41, 5.74) is 5.53. The van der Waals surface area contributed by atoms with E-state index in [9.17, 15) is 0 Å². The van der Waals surface area contributed by atoms with E-state index in [1.165, 1.54) is 30.4 Å². The summed E-state index contributed by atoms with van der Waals surface area (Å²) in [4.78, 5) is 10.5. The zero-order valence-electron chi connectivity index (χ0n) is 18.8. The molecule has 1 aliphatic heterocycles. The fraction of sp³-hybridized carbons (Fsp3) is 0.481. The first-order valence-corrected chi connectivity index (χ1v) is 11.5. The minimum atomic E-state index is -0.0401. The van der Waals surface area contributed by atoms with Crippen LogP contribution in [0.15, 0.2) is 58.5 Å². The second-order valence-electron chi connectivity index (χ2n) is 9.41. The molecule has 30 heavy (non-hydrogen) atoms. The number of aliphatic imine (C=N–C) groups is 2. The van der Waals surface area contributed by atoms with Gasteiger partial charge in [0.15, 0.2) is 0 Å². The Bertz CT molecular complexity index is 908. The molecule has 0 aromatic heterocycles. The van der Waals surface area contributed by atoms with Gasteiger partial charge < -0.3 is 4.74 Å². The van der Waals surface area contributed by atoms with Crippen LogP contribution in [0.1, 0.15) is 88.3 Å². The number of hydrogen-bond donors (Lipinski definition) is 0. The maximum absolute atomic E-state index is 6.25. The van der Waals surface area contributed by atoms with Gasteiger partial charge in [0, 0.05) is 5.56 Å². The predicted octanol–water partition coefficient (Wildman–Crippen LogP) is 7.19. The van der Waals surface area contributed by atoms with E-state index < -0.39 is 0 Å². The first-order valence-electron chi connectivity index (χ1n) is 11.5. The summed E-state index contributed by atoms with van der Waals surface area (Å²) in [6, 6.07) is 17.0. The van der Waals surface area contributed by atoms with Crippen molar-refractivity contribution in [3.63, 3.8) is 0 Å². The van der Waals surface area contributed by atoms with Crippen LogP contribution in [0.2, 0.25) is 0 Å². The number of ether oxygens (including phenoxy) is 1. The molecule has 0 N–H and O–H groups in total. The second kappa shape index (κ2) is 8.75.